The minimum absolute atomic E-state index is 0.141. The van der Waals surface area contributed by atoms with Crippen LogP contribution in [0.25, 0.3) is 22.3 Å². The zero-order valence-corrected chi connectivity index (χ0v) is 14.7. The van der Waals surface area contributed by atoms with Crippen molar-refractivity contribution in [1.82, 2.24) is 4.98 Å². The summed E-state index contributed by atoms with van der Waals surface area (Å²) in [5.74, 6) is 0. The quantitative estimate of drug-likeness (QED) is 0.636. The van der Waals surface area contributed by atoms with Gasteiger partial charge in [-0.1, -0.05) is 48.0 Å². The van der Waals surface area contributed by atoms with Crippen LogP contribution in [0.5, 0.6) is 0 Å². The van der Waals surface area contributed by atoms with Crippen LogP contribution in [0.4, 0.5) is 11.4 Å². The van der Waals surface area contributed by atoms with Gasteiger partial charge in [-0.15, -0.1) is 0 Å². The molecule has 0 saturated carbocycles. The SMILES string of the molecule is Clc1cc(-c2ccc(-c3cccnc3)cc2)c2c(c1)N1C=CC=CC1N2. The lowest BCUT2D eigenvalue weighted by Gasteiger charge is -2.22. The molecule has 3 heterocycles. The van der Waals surface area contributed by atoms with Crippen molar-refractivity contribution in [3.8, 4) is 22.3 Å². The Kier molecular flexibility index (Phi) is 3.54. The van der Waals surface area contributed by atoms with Gasteiger partial charge in [0, 0.05) is 29.2 Å². The highest BCUT2D eigenvalue weighted by Crippen LogP contribution is 2.45. The minimum atomic E-state index is 0.141. The highest BCUT2D eigenvalue weighted by molar-refractivity contribution is 6.31. The fraction of sp³-hybridized carbons (Fsp3) is 0.0455. The van der Waals surface area contributed by atoms with Crippen molar-refractivity contribution >= 4 is 23.0 Å². The van der Waals surface area contributed by atoms with Crippen LogP contribution in [-0.4, -0.2) is 11.1 Å². The zero-order chi connectivity index (χ0) is 17.5. The lowest BCUT2D eigenvalue weighted by atomic mass is 9.99. The van der Waals surface area contributed by atoms with Crippen molar-refractivity contribution in [2.75, 3.05) is 10.2 Å². The Bertz CT molecular complexity index is 1020. The van der Waals surface area contributed by atoms with Crippen LogP contribution in [0, 0.1) is 0 Å². The molecule has 1 N–H and O–H groups in total. The number of rotatable bonds is 2. The van der Waals surface area contributed by atoms with E-state index in [0.29, 0.717) is 0 Å². The first-order valence-electron chi connectivity index (χ1n) is 8.54. The molecule has 0 spiro atoms. The fourth-order valence-corrected chi connectivity index (χ4v) is 3.76. The van der Waals surface area contributed by atoms with Crippen molar-refractivity contribution < 1.29 is 0 Å². The number of nitrogens with one attached hydrogen (secondary N) is 1. The summed E-state index contributed by atoms with van der Waals surface area (Å²) in [6.07, 6.45) is 12.1. The molecule has 2 aliphatic rings. The first kappa shape index (κ1) is 15.2. The molecule has 3 nitrogen and oxygen atoms in total. The maximum absolute atomic E-state index is 6.43. The molecular weight excluding hydrogens is 342 g/mol. The first-order valence-corrected chi connectivity index (χ1v) is 8.92. The van der Waals surface area contributed by atoms with Crippen molar-refractivity contribution in [1.29, 1.82) is 0 Å². The summed E-state index contributed by atoms with van der Waals surface area (Å²) in [4.78, 5) is 6.40. The van der Waals surface area contributed by atoms with Crippen LogP contribution in [0.2, 0.25) is 5.02 Å². The van der Waals surface area contributed by atoms with E-state index in [0.717, 1.165) is 38.7 Å². The van der Waals surface area contributed by atoms with Gasteiger partial charge in [0.25, 0.3) is 0 Å². The average molecular weight is 358 g/mol. The third-order valence-electron chi connectivity index (χ3n) is 4.79. The second-order valence-corrected chi connectivity index (χ2v) is 6.83. The van der Waals surface area contributed by atoms with Gasteiger partial charge in [-0.3, -0.25) is 4.98 Å². The van der Waals surface area contributed by atoms with Crippen molar-refractivity contribution in [3.63, 3.8) is 0 Å². The Balaban J connectivity index is 1.58. The number of aromatic nitrogens is 1. The second kappa shape index (κ2) is 6.04. The molecule has 1 unspecified atom stereocenters. The van der Waals surface area contributed by atoms with E-state index in [2.05, 4.69) is 63.9 Å². The highest BCUT2D eigenvalue weighted by atomic mass is 35.5. The Hall–Kier alpha value is -3.04. The number of hydrogen-bond acceptors (Lipinski definition) is 3. The smallest absolute Gasteiger partial charge is 0.123 e. The van der Waals surface area contributed by atoms with E-state index in [9.17, 15) is 0 Å². The van der Waals surface area contributed by atoms with Crippen LogP contribution in [0.1, 0.15) is 0 Å². The van der Waals surface area contributed by atoms with Gasteiger partial charge in [0.05, 0.1) is 11.4 Å². The van der Waals surface area contributed by atoms with Crippen LogP contribution in [0.3, 0.4) is 0 Å². The molecule has 2 aromatic carbocycles. The molecule has 0 radical (unpaired) electrons. The van der Waals surface area contributed by atoms with Gasteiger partial charge in [-0.25, -0.2) is 0 Å². The normalized spacial score (nSPS) is 17.0. The van der Waals surface area contributed by atoms with E-state index in [1.807, 2.05) is 30.5 Å². The molecule has 1 atom stereocenters. The van der Waals surface area contributed by atoms with Crippen LogP contribution in [0.15, 0.2) is 85.4 Å². The zero-order valence-electron chi connectivity index (χ0n) is 13.9. The molecule has 26 heavy (non-hydrogen) atoms. The van der Waals surface area contributed by atoms with Gasteiger partial charge in [0.15, 0.2) is 0 Å². The molecule has 0 aliphatic carbocycles. The predicted octanol–water partition coefficient (Wildman–Crippen LogP) is 5.71. The molecule has 5 rings (SSSR count). The van der Waals surface area contributed by atoms with E-state index in [1.165, 1.54) is 0 Å². The molecule has 126 valence electrons. The third kappa shape index (κ3) is 2.49. The van der Waals surface area contributed by atoms with E-state index in [-0.39, 0.29) is 6.17 Å². The Labute approximate surface area is 157 Å². The van der Waals surface area contributed by atoms with Crippen LogP contribution in [-0.2, 0) is 0 Å². The fourth-order valence-electron chi connectivity index (χ4n) is 3.54. The standard InChI is InChI=1S/C22H16ClN3/c23-18-12-19(22-20(13-18)26-11-2-1-5-21(26)25-22)16-8-6-15(7-9-16)17-4-3-10-24-14-17/h1-14,21,25H. The summed E-state index contributed by atoms with van der Waals surface area (Å²) in [5.41, 5.74) is 6.73. The van der Waals surface area contributed by atoms with Gasteiger partial charge in [-0.05, 0) is 47.0 Å². The summed E-state index contributed by atoms with van der Waals surface area (Å²) < 4.78 is 0. The lowest BCUT2D eigenvalue weighted by Crippen LogP contribution is -2.30. The summed E-state index contributed by atoms with van der Waals surface area (Å²) >= 11 is 6.43. The maximum Gasteiger partial charge on any atom is 0.123 e. The molecule has 0 bridgehead atoms. The molecule has 3 aromatic rings. The van der Waals surface area contributed by atoms with Crippen molar-refractivity contribution in [2.24, 2.45) is 0 Å². The van der Waals surface area contributed by atoms with Gasteiger partial charge in [0.2, 0.25) is 0 Å². The van der Waals surface area contributed by atoms with Gasteiger partial charge in [0.1, 0.15) is 6.17 Å². The number of halogens is 1. The monoisotopic (exact) mass is 357 g/mol. The Morgan fingerprint density at radius 1 is 0.962 bits per heavy atom. The Morgan fingerprint density at radius 3 is 2.62 bits per heavy atom. The topological polar surface area (TPSA) is 28.2 Å². The molecule has 0 fully saturated rings. The summed E-state index contributed by atoms with van der Waals surface area (Å²) in [6.45, 7) is 0. The number of nitrogens with zero attached hydrogens (tertiary/aromatic N) is 2. The summed E-state index contributed by atoms with van der Waals surface area (Å²) in [7, 11) is 0. The molecule has 0 saturated heterocycles. The number of allylic oxidation sites excluding steroid dienone is 2. The van der Waals surface area contributed by atoms with E-state index in [4.69, 9.17) is 11.6 Å². The molecule has 1 aromatic heterocycles. The maximum atomic E-state index is 6.43. The largest absolute Gasteiger partial charge is 0.359 e. The van der Waals surface area contributed by atoms with E-state index < -0.39 is 0 Å². The summed E-state index contributed by atoms with van der Waals surface area (Å²) in [6, 6.07) is 16.6. The summed E-state index contributed by atoms with van der Waals surface area (Å²) in [5, 5.41) is 4.33. The number of benzene rings is 2. The van der Waals surface area contributed by atoms with E-state index >= 15 is 0 Å². The number of pyridine rings is 1. The lowest BCUT2D eigenvalue weighted by molar-refractivity contribution is 0.908. The molecular formula is C22H16ClN3. The van der Waals surface area contributed by atoms with Gasteiger partial charge in [-0.2, -0.15) is 0 Å². The molecule has 4 heteroatoms. The molecule has 0 amide bonds. The van der Waals surface area contributed by atoms with Crippen LogP contribution >= 0.6 is 11.6 Å². The average Bonchev–Trinajstić information content (AvgIpc) is 3.07. The highest BCUT2D eigenvalue weighted by Gasteiger charge is 2.29. The number of fused-ring (bicyclic) bond motifs is 3. The van der Waals surface area contributed by atoms with Crippen molar-refractivity contribution in [2.45, 2.75) is 6.17 Å². The second-order valence-electron chi connectivity index (χ2n) is 6.39. The van der Waals surface area contributed by atoms with Gasteiger partial charge >= 0.3 is 0 Å². The number of hydrogen-bond donors (Lipinski definition) is 1. The van der Waals surface area contributed by atoms with Gasteiger partial charge < -0.3 is 10.2 Å². The molecule has 2 aliphatic heterocycles. The van der Waals surface area contributed by atoms with E-state index in [1.54, 1.807) is 6.20 Å². The van der Waals surface area contributed by atoms with Crippen molar-refractivity contribution in [3.05, 3.63) is 90.4 Å². The number of anilines is 2. The minimum Gasteiger partial charge on any atom is -0.359 e. The third-order valence-corrected chi connectivity index (χ3v) is 5.01. The predicted molar refractivity (Wildman–Crippen MR) is 108 cm³/mol. The Morgan fingerprint density at radius 2 is 1.81 bits per heavy atom. The first-order chi connectivity index (χ1) is 12.8. The van der Waals surface area contributed by atoms with Crippen LogP contribution < -0.4 is 10.2 Å².